The third-order valence-corrected chi connectivity index (χ3v) is 5.89. The van der Waals surface area contributed by atoms with Crippen molar-refractivity contribution in [3.05, 3.63) is 51.9 Å². The summed E-state index contributed by atoms with van der Waals surface area (Å²) in [5, 5.41) is 0. The third kappa shape index (κ3) is 3.13. The number of H-pyrrole nitrogens is 1. The molecule has 1 aliphatic heterocycles. The zero-order chi connectivity index (χ0) is 16.6. The lowest BCUT2D eigenvalue weighted by Crippen LogP contribution is -2.29. The van der Waals surface area contributed by atoms with Crippen LogP contribution < -0.4 is 11.3 Å². The first-order chi connectivity index (χ1) is 10.9. The predicted molar refractivity (Wildman–Crippen MR) is 86.6 cm³/mol. The smallest absolute Gasteiger partial charge is 0.252 e. The molecular formula is C15H18N4O3S. The molecule has 3 rings (SSSR count). The van der Waals surface area contributed by atoms with E-state index in [1.165, 1.54) is 10.4 Å². The van der Waals surface area contributed by atoms with Crippen LogP contribution in [-0.4, -0.2) is 35.8 Å². The minimum atomic E-state index is -3.53. The number of anilines is 1. The Morgan fingerprint density at radius 2 is 2.00 bits per heavy atom. The molecule has 8 heteroatoms. The maximum Gasteiger partial charge on any atom is 0.252 e. The first-order valence-corrected chi connectivity index (χ1v) is 8.74. The van der Waals surface area contributed by atoms with Crippen molar-refractivity contribution < 1.29 is 8.42 Å². The minimum Gasteiger partial charge on any atom is -0.369 e. The van der Waals surface area contributed by atoms with Gasteiger partial charge in [0.15, 0.2) is 0 Å². The Balaban J connectivity index is 1.84. The molecule has 0 bridgehead atoms. The minimum absolute atomic E-state index is 0.0485. The first-order valence-electron chi connectivity index (χ1n) is 7.30. The molecular weight excluding hydrogens is 316 g/mol. The van der Waals surface area contributed by atoms with Crippen LogP contribution in [0.15, 0.2) is 40.0 Å². The lowest BCUT2D eigenvalue weighted by atomic mass is 10.1. The van der Waals surface area contributed by atoms with Gasteiger partial charge in [0.2, 0.25) is 16.0 Å². The van der Waals surface area contributed by atoms with Crippen LogP contribution in [0.1, 0.15) is 23.6 Å². The molecule has 7 nitrogen and oxygen atoms in total. The third-order valence-electron chi connectivity index (χ3n) is 4.01. The van der Waals surface area contributed by atoms with Crippen molar-refractivity contribution in [1.82, 2.24) is 14.3 Å². The maximum absolute atomic E-state index is 12.7. The molecule has 23 heavy (non-hydrogen) atoms. The number of hydrogen-bond donors (Lipinski definition) is 2. The molecule has 0 spiro atoms. The van der Waals surface area contributed by atoms with Gasteiger partial charge in [0, 0.05) is 25.1 Å². The Labute approximate surface area is 134 Å². The highest BCUT2D eigenvalue weighted by Gasteiger charge is 2.34. The van der Waals surface area contributed by atoms with Crippen molar-refractivity contribution in [1.29, 1.82) is 0 Å². The van der Waals surface area contributed by atoms with E-state index >= 15 is 0 Å². The maximum atomic E-state index is 12.7. The predicted octanol–water partition coefficient (Wildman–Crippen LogP) is 0.839. The number of aromatic amines is 1. The summed E-state index contributed by atoms with van der Waals surface area (Å²) in [6, 6.07) is 8.16. The number of nitrogens with zero attached hydrogens (tertiary/aromatic N) is 2. The van der Waals surface area contributed by atoms with Gasteiger partial charge in [-0.25, -0.2) is 13.4 Å². The number of aromatic nitrogens is 2. The molecule has 0 saturated carbocycles. The molecule has 0 amide bonds. The summed E-state index contributed by atoms with van der Waals surface area (Å²) in [5.41, 5.74) is 6.77. The molecule has 2 heterocycles. The summed E-state index contributed by atoms with van der Waals surface area (Å²) in [6.45, 7) is 2.60. The number of rotatable bonds is 3. The van der Waals surface area contributed by atoms with E-state index in [1.54, 1.807) is 24.3 Å². The highest BCUT2D eigenvalue weighted by molar-refractivity contribution is 7.89. The van der Waals surface area contributed by atoms with Gasteiger partial charge in [-0.2, -0.15) is 4.31 Å². The van der Waals surface area contributed by atoms with Crippen molar-refractivity contribution in [3.8, 4) is 0 Å². The fraction of sp³-hybridized carbons (Fsp3) is 0.333. The second kappa shape index (κ2) is 5.78. The molecule has 0 radical (unpaired) electrons. The van der Waals surface area contributed by atoms with E-state index in [4.69, 9.17) is 5.73 Å². The zero-order valence-corrected chi connectivity index (χ0v) is 13.5. The summed E-state index contributed by atoms with van der Waals surface area (Å²) in [5.74, 6) is -0.0767. The van der Waals surface area contributed by atoms with Crippen LogP contribution in [-0.2, 0) is 10.0 Å². The van der Waals surface area contributed by atoms with Crippen LogP contribution in [0, 0.1) is 6.92 Å². The Morgan fingerprint density at radius 3 is 2.65 bits per heavy atom. The number of aryl methyl sites for hydroxylation is 1. The van der Waals surface area contributed by atoms with Gasteiger partial charge in [0.25, 0.3) is 5.56 Å². The summed E-state index contributed by atoms with van der Waals surface area (Å²) in [7, 11) is -3.53. The summed E-state index contributed by atoms with van der Waals surface area (Å²) < 4.78 is 26.8. The number of nitrogens with two attached hydrogens (primary N) is 1. The molecule has 0 aliphatic carbocycles. The molecule has 122 valence electrons. The van der Waals surface area contributed by atoms with Crippen LogP contribution in [0.5, 0.6) is 0 Å². The number of sulfonamides is 1. The molecule has 1 saturated heterocycles. The van der Waals surface area contributed by atoms with Crippen molar-refractivity contribution in [2.75, 3.05) is 18.8 Å². The topological polar surface area (TPSA) is 109 Å². The monoisotopic (exact) mass is 334 g/mol. The van der Waals surface area contributed by atoms with E-state index in [2.05, 4.69) is 9.97 Å². The van der Waals surface area contributed by atoms with Crippen LogP contribution in [0.3, 0.4) is 0 Å². The lowest BCUT2D eigenvalue weighted by molar-refractivity contribution is 0.472. The molecule has 1 aromatic carbocycles. The van der Waals surface area contributed by atoms with Gasteiger partial charge in [-0.3, -0.25) is 9.78 Å². The summed E-state index contributed by atoms with van der Waals surface area (Å²) >= 11 is 0. The molecule has 1 fully saturated rings. The normalized spacial score (nSPS) is 19.1. The average Bonchev–Trinajstić information content (AvgIpc) is 2.97. The van der Waals surface area contributed by atoms with Gasteiger partial charge < -0.3 is 5.73 Å². The first kappa shape index (κ1) is 15.7. The number of nitrogen functional groups attached to an aromatic ring is 1. The molecule has 2 aromatic rings. The standard InChI is InChI=1S/C15H18N4O3S/c1-10-2-4-12(5-3-10)23(21,22)19-7-6-11(9-19)13-8-14(20)18-15(16)17-13/h2-5,8,11H,6-7,9H2,1H3,(H3,16,17,18,20). The van der Waals surface area contributed by atoms with Gasteiger partial charge in [0.1, 0.15) is 0 Å². The van der Waals surface area contributed by atoms with Crippen molar-refractivity contribution >= 4 is 16.0 Å². The van der Waals surface area contributed by atoms with E-state index in [9.17, 15) is 13.2 Å². The van der Waals surface area contributed by atoms with Gasteiger partial charge >= 0.3 is 0 Å². The fourth-order valence-corrected chi connectivity index (χ4v) is 4.25. The van der Waals surface area contributed by atoms with Crippen LogP contribution in [0.4, 0.5) is 5.95 Å². The molecule has 3 N–H and O–H groups in total. The highest BCUT2D eigenvalue weighted by atomic mass is 32.2. The van der Waals surface area contributed by atoms with Crippen molar-refractivity contribution in [2.24, 2.45) is 0 Å². The summed E-state index contributed by atoms with van der Waals surface area (Å²) in [6.07, 6.45) is 0.612. The van der Waals surface area contributed by atoms with Crippen LogP contribution in [0.25, 0.3) is 0 Å². The number of hydrogen-bond acceptors (Lipinski definition) is 5. The highest BCUT2D eigenvalue weighted by Crippen LogP contribution is 2.29. The Kier molecular flexibility index (Phi) is 3.95. The Morgan fingerprint density at radius 1 is 1.30 bits per heavy atom. The fourth-order valence-electron chi connectivity index (χ4n) is 2.75. The second-order valence-corrected chi connectivity index (χ2v) is 7.66. The van der Waals surface area contributed by atoms with E-state index < -0.39 is 10.0 Å². The molecule has 1 atom stereocenters. The van der Waals surface area contributed by atoms with Gasteiger partial charge in [-0.05, 0) is 25.5 Å². The second-order valence-electron chi connectivity index (χ2n) is 5.72. The molecule has 1 unspecified atom stereocenters. The van der Waals surface area contributed by atoms with Gasteiger partial charge in [0.05, 0.1) is 10.6 Å². The van der Waals surface area contributed by atoms with E-state index in [-0.39, 0.29) is 22.3 Å². The summed E-state index contributed by atoms with van der Waals surface area (Å²) in [4.78, 5) is 18.3. The lowest BCUT2D eigenvalue weighted by Gasteiger charge is -2.16. The number of nitrogens with one attached hydrogen (secondary N) is 1. The largest absolute Gasteiger partial charge is 0.369 e. The van der Waals surface area contributed by atoms with Gasteiger partial charge in [-0.15, -0.1) is 0 Å². The quantitative estimate of drug-likeness (QED) is 0.864. The molecule has 1 aliphatic rings. The van der Waals surface area contributed by atoms with Gasteiger partial charge in [-0.1, -0.05) is 17.7 Å². The SMILES string of the molecule is Cc1ccc(S(=O)(=O)N2CCC(c3cc(=O)[nH]c(N)n3)C2)cc1. The van der Waals surface area contributed by atoms with Crippen LogP contribution >= 0.6 is 0 Å². The number of benzene rings is 1. The van der Waals surface area contributed by atoms with Crippen LogP contribution in [0.2, 0.25) is 0 Å². The average molecular weight is 334 g/mol. The Bertz CT molecular complexity index is 874. The van der Waals surface area contributed by atoms with E-state index in [1.807, 2.05) is 6.92 Å². The zero-order valence-electron chi connectivity index (χ0n) is 12.7. The van der Waals surface area contributed by atoms with E-state index in [0.717, 1.165) is 5.56 Å². The Hall–Kier alpha value is -2.19. The van der Waals surface area contributed by atoms with E-state index in [0.29, 0.717) is 25.2 Å². The molecule has 1 aromatic heterocycles. The van der Waals surface area contributed by atoms with Crippen molar-refractivity contribution in [2.45, 2.75) is 24.2 Å². The van der Waals surface area contributed by atoms with Crippen molar-refractivity contribution in [3.63, 3.8) is 0 Å².